The predicted octanol–water partition coefficient (Wildman–Crippen LogP) is 1.61. The van der Waals surface area contributed by atoms with Crippen molar-refractivity contribution in [3.63, 3.8) is 0 Å². The molecule has 1 heterocycles. The molecule has 26 heavy (non-hydrogen) atoms. The Morgan fingerprint density at radius 3 is 2.50 bits per heavy atom. The number of unbranched alkanes of at least 4 members (excludes halogenated alkanes) is 1. The van der Waals surface area contributed by atoms with Crippen molar-refractivity contribution in [3.8, 4) is 0 Å². The number of nitrogens with one attached hydrogen (secondary N) is 1. The number of rotatable bonds is 11. The van der Waals surface area contributed by atoms with E-state index in [1.807, 2.05) is 53.6 Å². The Bertz CT molecular complexity index is 435. The minimum Gasteiger partial charge on any atom is -0.396 e. The van der Waals surface area contributed by atoms with E-state index in [2.05, 4.69) is 5.32 Å². The number of amides is 1. The van der Waals surface area contributed by atoms with Gasteiger partial charge in [0.2, 0.25) is 5.91 Å². The van der Waals surface area contributed by atoms with Crippen molar-refractivity contribution in [3.05, 3.63) is 0 Å². The third-order valence-electron chi connectivity index (χ3n) is 4.52. The van der Waals surface area contributed by atoms with Crippen LogP contribution in [0.5, 0.6) is 0 Å². The van der Waals surface area contributed by atoms with Gasteiger partial charge in [0.25, 0.3) is 0 Å². The molecule has 2 N–H and O–H groups in total. The van der Waals surface area contributed by atoms with E-state index in [9.17, 15) is 9.90 Å². The molecule has 0 radical (unpaired) electrons. The number of aliphatic hydroxyl groups is 1. The number of hydrogen-bond donors (Lipinski definition) is 2. The lowest BCUT2D eigenvalue weighted by molar-refractivity contribution is -0.137. The first-order valence-corrected chi connectivity index (χ1v) is 9.60. The molecule has 0 aromatic carbocycles. The van der Waals surface area contributed by atoms with Crippen LogP contribution in [0.1, 0.15) is 53.9 Å². The van der Waals surface area contributed by atoms with Crippen LogP contribution in [0.15, 0.2) is 0 Å². The summed E-state index contributed by atoms with van der Waals surface area (Å²) < 4.78 is 5.79. The zero-order chi connectivity index (χ0) is 20.0. The Hall–Kier alpha value is -0.730. The van der Waals surface area contributed by atoms with Gasteiger partial charge in [-0.1, -0.05) is 6.42 Å². The van der Waals surface area contributed by atoms with Crippen LogP contribution in [0.3, 0.4) is 0 Å². The average molecular weight is 374 g/mol. The van der Waals surface area contributed by atoms with E-state index in [4.69, 9.17) is 9.57 Å². The summed E-state index contributed by atoms with van der Waals surface area (Å²) in [4.78, 5) is 20.1. The molecule has 0 bridgehead atoms. The molecule has 2 atom stereocenters. The van der Waals surface area contributed by atoms with Gasteiger partial charge in [0.15, 0.2) is 0 Å². The van der Waals surface area contributed by atoms with Gasteiger partial charge in [-0.15, -0.1) is 0 Å². The fraction of sp³-hybridized carbons (Fsp3) is 0.947. The molecule has 1 aliphatic heterocycles. The van der Waals surface area contributed by atoms with Gasteiger partial charge in [0.1, 0.15) is 6.04 Å². The highest BCUT2D eigenvalue weighted by atomic mass is 16.7. The van der Waals surface area contributed by atoms with Crippen LogP contribution >= 0.6 is 0 Å². The summed E-state index contributed by atoms with van der Waals surface area (Å²) in [7, 11) is 3.67. The number of hydroxylamine groups is 2. The highest BCUT2D eigenvalue weighted by Crippen LogP contribution is 2.23. The lowest BCUT2D eigenvalue weighted by Gasteiger charge is -2.31. The van der Waals surface area contributed by atoms with E-state index in [1.54, 1.807) is 5.06 Å². The molecule has 7 nitrogen and oxygen atoms in total. The Morgan fingerprint density at radius 1 is 1.31 bits per heavy atom. The van der Waals surface area contributed by atoms with Crippen molar-refractivity contribution in [1.82, 2.24) is 15.3 Å². The van der Waals surface area contributed by atoms with Gasteiger partial charge in [-0.25, -0.2) is 0 Å². The first-order valence-electron chi connectivity index (χ1n) is 9.60. The number of aliphatic hydroxyl groups excluding tert-OH is 1. The summed E-state index contributed by atoms with van der Waals surface area (Å²) in [6.07, 6.45) is 2.74. The second-order valence-corrected chi connectivity index (χ2v) is 8.82. The lowest BCUT2D eigenvalue weighted by atomic mass is 10.0. The SMILES string of the molecule is CN(C)OCC(CO)CCCCN1C(=O)[C@H](COC(C)(C)C)NC1(C)C. The third-order valence-corrected chi connectivity index (χ3v) is 4.52. The largest absolute Gasteiger partial charge is 0.396 e. The maximum Gasteiger partial charge on any atom is 0.243 e. The van der Waals surface area contributed by atoms with E-state index in [1.165, 1.54) is 0 Å². The van der Waals surface area contributed by atoms with Crippen molar-refractivity contribution in [2.45, 2.75) is 71.2 Å². The molecule has 1 saturated heterocycles. The molecule has 1 unspecified atom stereocenters. The fourth-order valence-electron chi connectivity index (χ4n) is 3.05. The molecule has 0 saturated carbocycles. The molecule has 1 rings (SSSR count). The van der Waals surface area contributed by atoms with Crippen molar-refractivity contribution >= 4 is 5.91 Å². The van der Waals surface area contributed by atoms with E-state index >= 15 is 0 Å². The molecule has 0 aromatic heterocycles. The Morgan fingerprint density at radius 2 is 1.96 bits per heavy atom. The fourth-order valence-corrected chi connectivity index (χ4v) is 3.05. The molecule has 1 amide bonds. The van der Waals surface area contributed by atoms with Gasteiger partial charge in [-0.05, 0) is 47.5 Å². The van der Waals surface area contributed by atoms with Gasteiger partial charge in [0.05, 0.1) is 24.5 Å². The van der Waals surface area contributed by atoms with Gasteiger partial charge >= 0.3 is 0 Å². The standard InChI is InChI=1S/C19H39N3O4/c1-18(2,3)25-14-16-17(24)22(19(4,5)20-16)11-9-8-10-15(12-23)13-26-21(6)7/h15-16,20,23H,8-14H2,1-7H3/t15?,16-/m0/s1. The van der Waals surface area contributed by atoms with Crippen molar-refractivity contribution in [2.75, 3.05) is 40.5 Å². The summed E-state index contributed by atoms with van der Waals surface area (Å²) in [5, 5.41) is 14.5. The number of nitrogens with zero attached hydrogens (tertiary/aromatic N) is 2. The Kier molecular flexibility index (Phi) is 8.96. The van der Waals surface area contributed by atoms with Crippen LogP contribution < -0.4 is 5.32 Å². The number of hydrogen-bond acceptors (Lipinski definition) is 6. The third kappa shape index (κ3) is 7.88. The summed E-state index contributed by atoms with van der Waals surface area (Å²) in [6, 6.07) is -0.289. The van der Waals surface area contributed by atoms with Crippen molar-refractivity contribution in [2.24, 2.45) is 5.92 Å². The number of ether oxygens (including phenoxy) is 1. The van der Waals surface area contributed by atoms with Crippen LogP contribution in [0.25, 0.3) is 0 Å². The maximum atomic E-state index is 12.7. The van der Waals surface area contributed by atoms with Crippen molar-refractivity contribution < 1.29 is 19.5 Å². The summed E-state index contributed by atoms with van der Waals surface area (Å²) in [6.45, 7) is 11.8. The molecule has 154 valence electrons. The average Bonchev–Trinajstić information content (AvgIpc) is 2.73. The first-order chi connectivity index (χ1) is 12.0. The van der Waals surface area contributed by atoms with Crippen molar-refractivity contribution in [1.29, 1.82) is 0 Å². The molecule has 1 fully saturated rings. The minimum atomic E-state index is -0.368. The molecule has 0 spiro atoms. The zero-order valence-electron chi connectivity index (χ0n) is 17.7. The molecular weight excluding hydrogens is 334 g/mol. The van der Waals surface area contributed by atoms with Crippen LogP contribution in [-0.4, -0.2) is 78.7 Å². The molecule has 0 aromatic rings. The summed E-state index contributed by atoms with van der Waals surface area (Å²) in [5.74, 6) is 0.236. The highest BCUT2D eigenvalue weighted by Gasteiger charge is 2.44. The van der Waals surface area contributed by atoms with Gasteiger partial charge in [-0.3, -0.25) is 14.9 Å². The van der Waals surface area contributed by atoms with E-state index in [-0.39, 0.29) is 35.7 Å². The topological polar surface area (TPSA) is 74.3 Å². The highest BCUT2D eigenvalue weighted by molar-refractivity contribution is 5.85. The quantitative estimate of drug-likeness (QED) is 0.423. The monoisotopic (exact) mass is 373 g/mol. The van der Waals surface area contributed by atoms with Gasteiger partial charge in [-0.2, -0.15) is 5.06 Å². The van der Waals surface area contributed by atoms with Crippen LogP contribution in [-0.2, 0) is 14.4 Å². The molecule has 0 aliphatic carbocycles. The van der Waals surface area contributed by atoms with Gasteiger partial charge < -0.3 is 14.7 Å². The van der Waals surface area contributed by atoms with E-state index in [0.29, 0.717) is 19.8 Å². The predicted molar refractivity (Wildman–Crippen MR) is 102 cm³/mol. The number of carbonyl (C=O) groups is 1. The van der Waals surface area contributed by atoms with Crippen LogP contribution in [0.4, 0.5) is 0 Å². The molecular formula is C19H39N3O4. The van der Waals surface area contributed by atoms with E-state index in [0.717, 1.165) is 19.3 Å². The Balaban J connectivity index is 2.42. The molecule has 7 heteroatoms. The smallest absolute Gasteiger partial charge is 0.243 e. The second kappa shape index (κ2) is 9.99. The van der Waals surface area contributed by atoms with E-state index < -0.39 is 0 Å². The zero-order valence-corrected chi connectivity index (χ0v) is 17.7. The molecule has 1 aliphatic rings. The van der Waals surface area contributed by atoms with Gasteiger partial charge in [0, 0.05) is 33.2 Å². The summed E-state index contributed by atoms with van der Waals surface area (Å²) >= 11 is 0. The Labute approximate surface area is 159 Å². The van der Waals surface area contributed by atoms with Crippen LogP contribution in [0.2, 0.25) is 0 Å². The van der Waals surface area contributed by atoms with Crippen LogP contribution in [0, 0.1) is 5.92 Å². The normalized spacial score (nSPS) is 21.7. The lowest BCUT2D eigenvalue weighted by Crippen LogP contribution is -2.48. The minimum absolute atomic E-state index is 0.105. The second-order valence-electron chi connectivity index (χ2n) is 8.82. The number of carbonyl (C=O) groups excluding carboxylic acids is 1. The summed E-state index contributed by atoms with van der Waals surface area (Å²) in [5.41, 5.74) is -0.624. The maximum absolute atomic E-state index is 12.7. The first kappa shape index (κ1) is 23.3.